The van der Waals surface area contributed by atoms with Crippen molar-refractivity contribution in [2.24, 2.45) is 0 Å². The number of para-hydroxylation sites is 2. The van der Waals surface area contributed by atoms with Gasteiger partial charge in [0.05, 0.1) is 11.0 Å². The van der Waals surface area contributed by atoms with Crippen molar-refractivity contribution in [2.45, 2.75) is 0 Å². The van der Waals surface area contributed by atoms with E-state index in [0.717, 1.165) is 17.1 Å². The summed E-state index contributed by atoms with van der Waals surface area (Å²) in [5.74, 6) is 1.82. The highest BCUT2D eigenvalue weighted by molar-refractivity contribution is 6.14. The summed E-state index contributed by atoms with van der Waals surface area (Å²) in [7, 11) is 0. The smallest absolute Gasteiger partial charge is 0.135 e. The third kappa shape index (κ3) is 3.71. The van der Waals surface area contributed by atoms with Gasteiger partial charge in [-0.05, 0) is 98.6 Å². The number of fused-ring (bicyclic) bond motifs is 6. The van der Waals surface area contributed by atoms with Crippen LogP contribution in [0.3, 0.4) is 0 Å². The Morgan fingerprint density at radius 1 is 0.370 bits per heavy atom. The molecule has 214 valence electrons. The Balaban J connectivity index is 1.13. The molecule has 10 rings (SSSR count). The number of benzene rings is 8. The predicted molar refractivity (Wildman–Crippen MR) is 192 cm³/mol. The van der Waals surface area contributed by atoms with Gasteiger partial charge in [0.25, 0.3) is 0 Å². The summed E-state index contributed by atoms with van der Waals surface area (Å²) in [5.41, 5.74) is 10.8. The zero-order valence-electron chi connectivity index (χ0n) is 24.9. The molecule has 0 atom stereocenters. The molecule has 1 aliphatic rings. The summed E-state index contributed by atoms with van der Waals surface area (Å²) >= 11 is 0. The van der Waals surface area contributed by atoms with Crippen molar-refractivity contribution < 1.29 is 4.74 Å². The fourth-order valence-electron chi connectivity index (χ4n) is 7.45. The molecular weight excluding hydrogens is 558 g/mol. The summed E-state index contributed by atoms with van der Waals surface area (Å²) < 4.78 is 8.78. The zero-order chi connectivity index (χ0) is 30.2. The molecule has 0 amide bonds. The van der Waals surface area contributed by atoms with Crippen LogP contribution in [0.4, 0.5) is 0 Å². The van der Waals surface area contributed by atoms with Gasteiger partial charge in [-0.3, -0.25) is 0 Å². The van der Waals surface area contributed by atoms with Crippen LogP contribution in [0.2, 0.25) is 0 Å². The van der Waals surface area contributed by atoms with E-state index >= 15 is 0 Å². The van der Waals surface area contributed by atoms with Gasteiger partial charge in [0.2, 0.25) is 0 Å². The minimum Gasteiger partial charge on any atom is -0.456 e. The molecular formula is C44H27NO. The molecule has 2 heterocycles. The van der Waals surface area contributed by atoms with Crippen molar-refractivity contribution in [3.8, 4) is 50.6 Å². The zero-order valence-corrected chi connectivity index (χ0v) is 24.9. The highest BCUT2D eigenvalue weighted by Gasteiger charge is 2.21. The largest absolute Gasteiger partial charge is 0.456 e. The lowest BCUT2D eigenvalue weighted by Gasteiger charge is -2.22. The maximum atomic E-state index is 6.40. The van der Waals surface area contributed by atoms with Crippen LogP contribution < -0.4 is 4.74 Å². The first-order valence-corrected chi connectivity index (χ1v) is 15.8. The molecule has 0 N–H and O–H groups in total. The van der Waals surface area contributed by atoms with Gasteiger partial charge in [0, 0.05) is 27.4 Å². The fourth-order valence-corrected chi connectivity index (χ4v) is 7.45. The van der Waals surface area contributed by atoms with Crippen LogP contribution in [-0.2, 0) is 0 Å². The Morgan fingerprint density at radius 3 is 1.96 bits per heavy atom. The van der Waals surface area contributed by atoms with E-state index < -0.39 is 0 Å². The van der Waals surface area contributed by atoms with Crippen LogP contribution in [0.15, 0.2) is 164 Å². The molecule has 0 fully saturated rings. The van der Waals surface area contributed by atoms with Gasteiger partial charge in [-0.1, -0.05) is 109 Å². The van der Waals surface area contributed by atoms with Crippen LogP contribution in [0.5, 0.6) is 11.5 Å². The molecule has 9 aromatic rings. The van der Waals surface area contributed by atoms with Crippen molar-refractivity contribution in [3.63, 3.8) is 0 Å². The number of nitrogens with zero attached hydrogens (tertiary/aromatic N) is 1. The van der Waals surface area contributed by atoms with E-state index in [0.29, 0.717) is 0 Å². The van der Waals surface area contributed by atoms with E-state index in [1.807, 2.05) is 0 Å². The maximum Gasteiger partial charge on any atom is 0.135 e. The monoisotopic (exact) mass is 585 g/mol. The first-order chi connectivity index (χ1) is 22.8. The third-order valence-electron chi connectivity index (χ3n) is 9.55. The van der Waals surface area contributed by atoms with Gasteiger partial charge in [-0.25, -0.2) is 0 Å². The highest BCUT2D eigenvalue weighted by Crippen LogP contribution is 2.48. The van der Waals surface area contributed by atoms with Crippen molar-refractivity contribution >= 4 is 43.4 Å². The van der Waals surface area contributed by atoms with E-state index in [9.17, 15) is 0 Å². The fraction of sp³-hybridized carbons (Fsp3) is 0. The molecule has 0 spiro atoms. The topological polar surface area (TPSA) is 14.2 Å². The molecule has 0 unspecified atom stereocenters. The minimum absolute atomic E-state index is 0.900. The van der Waals surface area contributed by atoms with Gasteiger partial charge < -0.3 is 9.30 Å². The van der Waals surface area contributed by atoms with Gasteiger partial charge in [0.1, 0.15) is 11.5 Å². The van der Waals surface area contributed by atoms with Gasteiger partial charge in [-0.15, -0.1) is 0 Å². The molecule has 0 aliphatic carbocycles. The minimum atomic E-state index is 0.900. The van der Waals surface area contributed by atoms with Crippen molar-refractivity contribution in [1.82, 2.24) is 4.57 Å². The van der Waals surface area contributed by atoms with E-state index in [4.69, 9.17) is 4.74 Å². The van der Waals surface area contributed by atoms with E-state index in [2.05, 4.69) is 168 Å². The second-order valence-corrected chi connectivity index (χ2v) is 12.1. The summed E-state index contributed by atoms with van der Waals surface area (Å²) in [4.78, 5) is 0. The summed E-state index contributed by atoms with van der Waals surface area (Å²) in [6.45, 7) is 0. The Morgan fingerprint density at radius 2 is 1.09 bits per heavy atom. The first kappa shape index (κ1) is 25.2. The lowest BCUT2D eigenvalue weighted by Crippen LogP contribution is -1.97. The van der Waals surface area contributed by atoms with E-state index in [1.165, 1.54) is 76.9 Å². The molecule has 1 aromatic heterocycles. The third-order valence-corrected chi connectivity index (χ3v) is 9.55. The normalized spacial score (nSPS) is 12.1. The lowest BCUT2D eigenvalue weighted by atomic mass is 9.89. The van der Waals surface area contributed by atoms with Gasteiger partial charge in [0.15, 0.2) is 0 Å². The van der Waals surface area contributed by atoms with E-state index in [1.54, 1.807) is 0 Å². The Labute approximate surface area is 266 Å². The predicted octanol–water partition coefficient (Wildman–Crippen LogP) is 12.2. The molecule has 0 saturated carbocycles. The van der Waals surface area contributed by atoms with Crippen LogP contribution in [-0.4, -0.2) is 4.57 Å². The molecule has 2 nitrogen and oxygen atoms in total. The number of rotatable bonds is 3. The SMILES string of the molecule is c1ccc(-n2c3ccccc3c3cc4cc(-c5ccccc5-c5ccc6c(c5)-c5cccc7cccc(c57)O6)ccc4cc32)cc1. The number of hydrogen-bond donors (Lipinski definition) is 0. The van der Waals surface area contributed by atoms with Crippen molar-refractivity contribution in [3.05, 3.63) is 164 Å². The van der Waals surface area contributed by atoms with Crippen LogP contribution in [0.1, 0.15) is 0 Å². The standard InChI is InChI=1S/C44H27NO/c1-2-12-33(13-3-1)45-40-18-7-6-16-36(40)38-26-32-24-30(21-20-29(32)27-41(38)45)34-14-4-5-15-35(34)31-22-23-42-39(25-31)37-17-8-10-28-11-9-19-43(46-42)44(28)37/h1-27H. The summed E-state index contributed by atoms with van der Waals surface area (Å²) in [5, 5.41) is 7.37. The number of ether oxygens (including phenoxy) is 1. The Kier molecular flexibility index (Phi) is 5.31. The lowest BCUT2D eigenvalue weighted by molar-refractivity contribution is 0.487. The number of hydrogen-bond acceptors (Lipinski definition) is 1. The van der Waals surface area contributed by atoms with Crippen LogP contribution in [0.25, 0.3) is 82.4 Å². The molecule has 2 heteroatoms. The maximum absolute atomic E-state index is 6.40. The molecule has 0 radical (unpaired) electrons. The van der Waals surface area contributed by atoms with Crippen molar-refractivity contribution in [2.75, 3.05) is 0 Å². The molecule has 0 saturated heterocycles. The second kappa shape index (κ2) is 9.69. The number of aromatic nitrogens is 1. The highest BCUT2D eigenvalue weighted by atomic mass is 16.5. The first-order valence-electron chi connectivity index (χ1n) is 15.8. The van der Waals surface area contributed by atoms with Crippen LogP contribution >= 0.6 is 0 Å². The molecule has 1 aliphatic heterocycles. The second-order valence-electron chi connectivity index (χ2n) is 12.1. The average Bonchev–Trinajstić information content (AvgIpc) is 3.44. The average molecular weight is 586 g/mol. The molecule has 8 aromatic carbocycles. The Bertz CT molecular complexity index is 2660. The summed E-state index contributed by atoms with van der Waals surface area (Å²) in [6, 6.07) is 59.1. The van der Waals surface area contributed by atoms with Crippen LogP contribution in [0, 0.1) is 0 Å². The van der Waals surface area contributed by atoms with Gasteiger partial charge in [-0.2, -0.15) is 0 Å². The molecule has 46 heavy (non-hydrogen) atoms. The van der Waals surface area contributed by atoms with Crippen molar-refractivity contribution in [1.29, 1.82) is 0 Å². The Hall–Kier alpha value is -6.12. The summed E-state index contributed by atoms with van der Waals surface area (Å²) in [6.07, 6.45) is 0. The van der Waals surface area contributed by atoms with Gasteiger partial charge >= 0.3 is 0 Å². The quantitative estimate of drug-likeness (QED) is 0.201. The molecule has 0 bridgehead atoms. The van der Waals surface area contributed by atoms with E-state index in [-0.39, 0.29) is 0 Å².